The van der Waals surface area contributed by atoms with Gasteiger partial charge in [0.05, 0.1) is 12.7 Å². The van der Waals surface area contributed by atoms with E-state index in [-0.39, 0.29) is 31.3 Å². The molecule has 6 nitrogen and oxygen atoms in total. The number of rotatable bonds is 24. The molecule has 212 valence electrons. The summed E-state index contributed by atoms with van der Waals surface area (Å²) in [7, 11) is 0. The van der Waals surface area contributed by atoms with E-state index in [2.05, 4.69) is 56.4 Å². The molecule has 1 unspecified atom stereocenters. The van der Waals surface area contributed by atoms with Gasteiger partial charge in [0.25, 0.3) is 0 Å². The number of aliphatic hydroxyl groups excluding tert-OH is 2. The van der Waals surface area contributed by atoms with Crippen molar-refractivity contribution in [2.24, 2.45) is 0 Å². The van der Waals surface area contributed by atoms with Gasteiger partial charge in [0, 0.05) is 12.8 Å². The predicted octanol–water partition coefficient (Wildman–Crippen LogP) is 6.91. The van der Waals surface area contributed by atoms with Gasteiger partial charge < -0.3 is 19.7 Å². The second kappa shape index (κ2) is 26.9. The lowest BCUT2D eigenvalue weighted by atomic mass is 10.1. The minimum atomic E-state index is -0.797. The minimum absolute atomic E-state index is 0.107. The average molecular weight is 521 g/mol. The molecule has 2 atom stereocenters. The maximum absolute atomic E-state index is 11.9. The Morgan fingerprint density at radius 1 is 0.730 bits per heavy atom. The Labute approximate surface area is 225 Å². The molecular formula is C31H52O6. The van der Waals surface area contributed by atoms with Crippen LogP contribution in [0.5, 0.6) is 0 Å². The average Bonchev–Trinajstić information content (AvgIpc) is 2.88. The highest BCUT2D eigenvalue weighted by Crippen LogP contribution is 2.08. The van der Waals surface area contributed by atoms with Crippen LogP contribution in [0.1, 0.15) is 110 Å². The Morgan fingerprint density at radius 3 is 1.95 bits per heavy atom. The topological polar surface area (TPSA) is 93.1 Å². The van der Waals surface area contributed by atoms with Gasteiger partial charge in [-0.2, -0.15) is 0 Å². The smallest absolute Gasteiger partial charge is 0.306 e. The highest BCUT2D eigenvalue weighted by atomic mass is 16.6. The Balaban J connectivity index is 3.77. The van der Waals surface area contributed by atoms with Gasteiger partial charge in [-0.3, -0.25) is 9.59 Å². The number of allylic oxidation sites excluding steroid dienone is 7. The molecule has 0 aromatic rings. The summed E-state index contributed by atoms with van der Waals surface area (Å²) < 4.78 is 10.4. The van der Waals surface area contributed by atoms with Crippen molar-refractivity contribution in [3.05, 3.63) is 48.6 Å². The molecule has 0 aromatic carbocycles. The van der Waals surface area contributed by atoms with Gasteiger partial charge in [0.2, 0.25) is 0 Å². The van der Waals surface area contributed by atoms with Crippen molar-refractivity contribution in [1.82, 2.24) is 0 Å². The molecule has 0 fully saturated rings. The SMILES string of the molecule is CCCCCCCC(=O)O[C@@H](CO)COC(=O)CCC/C=C\C/C=C\C/C=C\C/C=C\CC(O)CCC. The monoisotopic (exact) mass is 520 g/mol. The van der Waals surface area contributed by atoms with E-state index in [1.807, 2.05) is 6.08 Å². The number of hydrogen-bond donors (Lipinski definition) is 2. The van der Waals surface area contributed by atoms with Gasteiger partial charge >= 0.3 is 11.9 Å². The lowest BCUT2D eigenvalue weighted by molar-refractivity contribution is -0.161. The summed E-state index contributed by atoms with van der Waals surface area (Å²) in [4.78, 5) is 23.7. The molecule has 0 spiro atoms. The number of unbranched alkanes of at least 4 members (excludes halogenated alkanes) is 5. The zero-order valence-electron chi connectivity index (χ0n) is 23.3. The first-order valence-electron chi connectivity index (χ1n) is 14.3. The first kappa shape index (κ1) is 34.8. The van der Waals surface area contributed by atoms with Crippen LogP contribution in [-0.4, -0.2) is 47.6 Å². The second-order valence-corrected chi connectivity index (χ2v) is 9.30. The molecule has 0 rings (SSSR count). The number of esters is 2. The van der Waals surface area contributed by atoms with Crippen LogP contribution in [0.25, 0.3) is 0 Å². The van der Waals surface area contributed by atoms with E-state index < -0.39 is 6.10 Å². The molecular weight excluding hydrogens is 468 g/mol. The normalized spacial score (nSPS) is 13.7. The molecule has 0 heterocycles. The summed E-state index contributed by atoms with van der Waals surface area (Å²) >= 11 is 0. The maximum Gasteiger partial charge on any atom is 0.306 e. The maximum atomic E-state index is 11.9. The van der Waals surface area contributed by atoms with Gasteiger partial charge in [-0.05, 0) is 51.4 Å². The van der Waals surface area contributed by atoms with Crippen LogP contribution in [0.4, 0.5) is 0 Å². The van der Waals surface area contributed by atoms with Crippen LogP contribution >= 0.6 is 0 Å². The van der Waals surface area contributed by atoms with Crippen LogP contribution in [0, 0.1) is 0 Å². The molecule has 0 saturated heterocycles. The summed E-state index contributed by atoms with van der Waals surface area (Å²) in [6, 6.07) is 0. The van der Waals surface area contributed by atoms with Gasteiger partial charge in [0.1, 0.15) is 6.61 Å². The van der Waals surface area contributed by atoms with E-state index in [1.54, 1.807) is 0 Å². The third-order valence-corrected chi connectivity index (χ3v) is 5.68. The van der Waals surface area contributed by atoms with E-state index >= 15 is 0 Å². The molecule has 37 heavy (non-hydrogen) atoms. The molecule has 0 aliphatic carbocycles. The standard InChI is InChI=1S/C31H52O6/c1-3-5-6-16-21-25-31(35)37-29(26-32)27-36-30(34)24-20-18-15-13-11-9-7-8-10-12-14-17-19-23-28(33)22-4-2/h7,9-10,12-13,15,17,19,28-29,32-33H,3-6,8,11,14,16,18,20-27H2,1-2H3/b9-7-,12-10-,15-13-,19-17-/t28?,29-/m0/s1. The molecule has 0 radical (unpaired) electrons. The van der Waals surface area contributed by atoms with Crippen molar-refractivity contribution in [3.63, 3.8) is 0 Å². The Bertz CT molecular complexity index is 665. The summed E-state index contributed by atoms with van der Waals surface area (Å²) in [6.45, 7) is 3.75. The number of carbonyl (C=O) groups excluding carboxylic acids is 2. The van der Waals surface area contributed by atoms with Gasteiger partial charge in [-0.25, -0.2) is 0 Å². The lowest BCUT2D eigenvalue weighted by Gasteiger charge is -2.15. The number of carbonyl (C=O) groups is 2. The molecule has 6 heteroatoms. The summed E-state index contributed by atoms with van der Waals surface area (Å²) in [6.07, 6.45) is 28.3. The number of hydrogen-bond acceptors (Lipinski definition) is 6. The Hall–Kier alpha value is -2.18. The fourth-order valence-corrected chi connectivity index (χ4v) is 3.50. The van der Waals surface area contributed by atoms with Gasteiger partial charge in [-0.15, -0.1) is 0 Å². The minimum Gasteiger partial charge on any atom is -0.462 e. The molecule has 2 N–H and O–H groups in total. The van der Waals surface area contributed by atoms with Crippen LogP contribution < -0.4 is 0 Å². The Morgan fingerprint density at radius 2 is 1.32 bits per heavy atom. The van der Waals surface area contributed by atoms with Gasteiger partial charge in [0.15, 0.2) is 6.10 Å². The zero-order chi connectivity index (χ0) is 27.4. The molecule has 0 amide bonds. The zero-order valence-corrected chi connectivity index (χ0v) is 23.3. The summed E-state index contributed by atoms with van der Waals surface area (Å²) in [5, 5.41) is 19.0. The first-order valence-corrected chi connectivity index (χ1v) is 14.3. The van der Waals surface area contributed by atoms with Crippen LogP contribution in [0.2, 0.25) is 0 Å². The van der Waals surface area contributed by atoms with E-state index in [0.29, 0.717) is 19.3 Å². The molecule has 0 aromatic heterocycles. The van der Waals surface area contributed by atoms with Crippen molar-refractivity contribution in [2.75, 3.05) is 13.2 Å². The number of ether oxygens (including phenoxy) is 2. The second-order valence-electron chi connectivity index (χ2n) is 9.30. The lowest BCUT2D eigenvalue weighted by Crippen LogP contribution is -2.28. The fraction of sp³-hybridized carbons (Fsp3) is 0.677. The third-order valence-electron chi connectivity index (χ3n) is 5.68. The molecule has 0 saturated carbocycles. The first-order chi connectivity index (χ1) is 18.0. The largest absolute Gasteiger partial charge is 0.462 e. The van der Waals surface area contributed by atoms with Crippen molar-refractivity contribution in [1.29, 1.82) is 0 Å². The van der Waals surface area contributed by atoms with Gasteiger partial charge in [-0.1, -0.05) is 94.6 Å². The van der Waals surface area contributed by atoms with Crippen molar-refractivity contribution < 1.29 is 29.3 Å². The summed E-state index contributed by atoms with van der Waals surface area (Å²) in [5.41, 5.74) is 0. The van der Waals surface area contributed by atoms with E-state index in [0.717, 1.165) is 70.6 Å². The predicted molar refractivity (Wildman–Crippen MR) is 151 cm³/mol. The van der Waals surface area contributed by atoms with Crippen LogP contribution in [0.15, 0.2) is 48.6 Å². The highest BCUT2D eigenvalue weighted by Gasteiger charge is 2.15. The van der Waals surface area contributed by atoms with Crippen LogP contribution in [0.3, 0.4) is 0 Å². The molecule has 0 aliphatic rings. The fourth-order valence-electron chi connectivity index (χ4n) is 3.50. The molecule has 0 aliphatic heterocycles. The Kier molecular flexibility index (Phi) is 25.3. The van der Waals surface area contributed by atoms with Crippen LogP contribution in [-0.2, 0) is 19.1 Å². The quantitative estimate of drug-likeness (QED) is 0.0816. The van der Waals surface area contributed by atoms with Crippen molar-refractivity contribution >= 4 is 11.9 Å². The highest BCUT2D eigenvalue weighted by molar-refractivity contribution is 5.70. The number of aliphatic hydroxyl groups is 2. The van der Waals surface area contributed by atoms with E-state index in [9.17, 15) is 19.8 Å². The summed E-state index contributed by atoms with van der Waals surface area (Å²) in [5.74, 6) is -0.699. The van der Waals surface area contributed by atoms with Crippen molar-refractivity contribution in [3.8, 4) is 0 Å². The molecule has 0 bridgehead atoms. The van der Waals surface area contributed by atoms with Crippen molar-refractivity contribution in [2.45, 2.75) is 122 Å². The van der Waals surface area contributed by atoms with E-state index in [1.165, 1.54) is 6.42 Å². The third kappa shape index (κ3) is 25.3. The van der Waals surface area contributed by atoms with E-state index in [4.69, 9.17) is 9.47 Å².